The van der Waals surface area contributed by atoms with Crippen LogP contribution in [0.3, 0.4) is 0 Å². The highest BCUT2D eigenvalue weighted by Crippen LogP contribution is 2.00. The van der Waals surface area contributed by atoms with Crippen molar-refractivity contribution in [1.82, 2.24) is 4.90 Å². The smallest absolute Gasteiger partial charge is 0.245 e. The number of carbonyl (C=O) groups is 1. The summed E-state index contributed by atoms with van der Waals surface area (Å²) >= 11 is 0. The van der Waals surface area contributed by atoms with Gasteiger partial charge in [0.05, 0.1) is 6.10 Å². The molecule has 0 spiro atoms. The monoisotopic (exact) mass is 241 g/mol. The molecule has 0 aromatic heterocycles. The van der Waals surface area contributed by atoms with E-state index in [1.54, 1.807) is 11.0 Å². The maximum Gasteiger partial charge on any atom is 0.245 e. The molecule has 0 aromatic rings. The van der Waals surface area contributed by atoms with Gasteiger partial charge in [0.15, 0.2) is 0 Å². The number of unbranched alkanes of at least 4 members (excludes halogenated alkanes) is 2. The van der Waals surface area contributed by atoms with Gasteiger partial charge in [0, 0.05) is 20.2 Å². The van der Waals surface area contributed by atoms with Crippen molar-refractivity contribution in [1.29, 1.82) is 0 Å². The van der Waals surface area contributed by atoms with E-state index in [0.29, 0.717) is 6.10 Å². The zero-order valence-corrected chi connectivity index (χ0v) is 11.7. The lowest BCUT2D eigenvalue weighted by Crippen LogP contribution is -2.25. The van der Waals surface area contributed by atoms with Crippen molar-refractivity contribution in [2.24, 2.45) is 0 Å². The van der Waals surface area contributed by atoms with E-state index in [-0.39, 0.29) is 5.91 Å². The lowest BCUT2D eigenvalue weighted by atomic mass is 10.2. The average Bonchev–Trinajstić information content (AvgIpc) is 2.27. The molecule has 0 aliphatic carbocycles. The van der Waals surface area contributed by atoms with E-state index in [0.717, 1.165) is 38.8 Å². The highest BCUT2D eigenvalue weighted by Gasteiger charge is 2.01. The molecule has 0 saturated heterocycles. The van der Waals surface area contributed by atoms with Gasteiger partial charge in [-0.3, -0.25) is 4.79 Å². The number of hydrogen-bond acceptors (Lipinski definition) is 2. The minimum atomic E-state index is 0.102. The van der Waals surface area contributed by atoms with Gasteiger partial charge in [-0.05, 0) is 45.6 Å². The van der Waals surface area contributed by atoms with E-state index in [9.17, 15) is 4.79 Å². The van der Waals surface area contributed by atoms with Crippen LogP contribution in [0.1, 0.15) is 46.5 Å². The van der Waals surface area contributed by atoms with Crippen molar-refractivity contribution in [3.63, 3.8) is 0 Å². The summed E-state index contributed by atoms with van der Waals surface area (Å²) in [6.07, 6.45) is 8.04. The maximum atomic E-state index is 11.5. The highest BCUT2D eigenvalue weighted by molar-refractivity contribution is 5.87. The van der Waals surface area contributed by atoms with Gasteiger partial charge in [0.2, 0.25) is 5.91 Å². The Morgan fingerprint density at radius 1 is 1.35 bits per heavy atom. The van der Waals surface area contributed by atoms with Crippen LogP contribution < -0.4 is 0 Å². The van der Waals surface area contributed by atoms with E-state index < -0.39 is 0 Å². The Labute approximate surface area is 106 Å². The summed E-state index contributed by atoms with van der Waals surface area (Å²) in [5, 5.41) is 0. The third-order valence-corrected chi connectivity index (χ3v) is 2.41. The molecule has 0 rings (SSSR count). The maximum absolute atomic E-state index is 11.5. The summed E-state index contributed by atoms with van der Waals surface area (Å²) in [6, 6.07) is 0. The summed E-state index contributed by atoms with van der Waals surface area (Å²) in [6.45, 7) is 7.80. The zero-order chi connectivity index (χ0) is 13.1. The average molecular weight is 241 g/mol. The molecule has 0 N–H and O–H groups in total. The van der Waals surface area contributed by atoms with Gasteiger partial charge in [0.25, 0.3) is 0 Å². The predicted octanol–water partition coefficient (Wildman–Crippen LogP) is 3.01. The van der Waals surface area contributed by atoms with Crippen LogP contribution in [0.5, 0.6) is 0 Å². The molecular weight excluding hydrogens is 214 g/mol. The lowest BCUT2D eigenvalue weighted by molar-refractivity contribution is -0.124. The van der Waals surface area contributed by atoms with Gasteiger partial charge >= 0.3 is 0 Å². The van der Waals surface area contributed by atoms with Crippen LogP contribution in [-0.4, -0.2) is 37.1 Å². The van der Waals surface area contributed by atoms with Crippen molar-refractivity contribution < 1.29 is 9.53 Å². The summed E-state index contributed by atoms with van der Waals surface area (Å²) in [5.41, 5.74) is 0. The molecule has 0 aliphatic rings. The Kier molecular flexibility index (Phi) is 9.83. The van der Waals surface area contributed by atoms with Gasteiger partial charge in [-0.2, -0.15) is 0 Å². The molecule has 1 amide bonds. The summed E-state index contributed by atoms with van der Waals surface area (Å²) in [5.74, 6) is 0.102. The molecule has 3 heteroatoms. The number of allylic oxidation sites excluding steroid dienone is 1. The van der Waals surface area contributed by atoms with Crippen LogP contribution in [0.25, 0.3) is 0 Å². The van der Waals surface area contributed by atoms with Crippen molar-refractivity contribution in [2.75, 3.05) is 20.2 Å². The molecule has 0 heterocycles. The van der Waals surface area contributed by atoms with Gasteiger partial charge in [0.1, 0.15) is 0 Å². The van der Waals surface area contributed by atoms with Gasteiger partial charge in [-0.1, -0.05) is 13.0 Å². The largest absolute Gasteiger partial charge is 0.379 e. The van der Waals surface area contributed by atoms with Crippen LogP contribution >= 0.6 is 0 Å². The van der Waals surface area contributed by atoms with E-state index in [1.807, 2.05) is 27.0 Å². The van der Waals surface area contributed by atoms with Gasteiger partial charge < -0.3 is 9.64 Å². The fourth-order valence-corrected chi connectivity index (χ4v) is 1.44. The van der Waals surface area contributed by atoms with Crippen LogP contribution in [0.15, 0.2) is 12.2 Å². The summed E-state index contributed by atoms with van der Waals surface area (Å²) in [4.78, 5) is 13.3. The fraction of sp³-hybridized carbons (Fsp3) is 0.786. The molecule has 17 heavy (non-hydrogen) atoms. The molecule has 100 valence electrons. The minimum absolute atomic E-state index is 0.102. The highest BCUT2D eigenvalue weighted by atomic mass is 16.5. The number of amides is 1. The van der Waals surface area contributed by atoms with E-state index in [4.69, 9.17) is 4.74 Å². The predicted molar refractivity (Wildman–Crippen MR) is 72.0 cm³/mol. The molecule has 0 unspecified atom stereocenters. The molecule has 0 fully saturated rings. The van der Waals surface area contributed by atoms with Crippen LogP contribution in [0, 0.1) is 0 Å². The Morgan fingerprint density at radius 2 is 2.06 bits per heavy atom. The first-order valence-electron chi connectivity index (χ1n) is 6.61. The quantitative estimate of drug-likeness (QED) is 0.459. The number of rotatable bonds is 9. The van der Waals surface area contributed by atoms with E-state index in [2.05, 4.69) is 6.92 Å². The second-order valence-corrected chi connectivity index (χ2v) is 4.58. The second kappa shape index (κ2) is 10.3. The van der Waals surface area contributed by atoms with Crippen LogP contribution in [-0.2, 0) is 9.53 Å². The molecular formula is C14H27NO2. The SMILES string of the molecule is CCCN(C)C(=O)/C=C/CCCCOC(C)C. The van der Waals surface area contributed by atoms with E-state index >= 15 is 0 Å². The number of carbonyl (C=O) groups excluding carboxylic acids is 1. The number of ether oxygens (including phenoxy) is 1. The number of nitrogens with zero attached hydrogens (tertiary/aromatic N) is 1. The molecule has 3 nitrogen and oxygen atoms in total. The van der Waals surface area contributed by atoms with Crippen LogP contribution in [0.4, 0.5) is 0 Å². The first-order valence-corrected chi connectivity index (χ1v) is 6.61. The second-order valence-electron chi connectivity index (χ2n) is 4.58. The standard InChI is InChI=1S/C14H27NO2/c1-5-11-15(4)14(16)10-8-6-7-9-12-17-13(2)3/h8,10,13H,5-7,9,11-12H2,1-4H3/b10-8+. The Bertz CT molecular complexity index is 224. The third kappa shape index (κ3) is 10.1. The Balaban J connectivity index is 3.50. The summed E-state index contributed by atoms with van der Waals surface area (Å²) < 4.78 is 5.44. The van der Waals surface area contributed by atoms with Gasteiger partial charge in [-0.25, -0.2) is 0 Å². The normalized spacial score (nSPS) is 11.4. The zero-order valence-electron chi connectivity index (χ0n) is 11.7. The van der Waals surface area contributed by atoms with Crippen molar-refractivity contribution in [3.05, 3.63) is 12.2 Å². The van der Waals surface area contributed by atoms with Crippen LogP contribution in [0.2, 0.25) is 0 Å². The lowest BCUT2D eigenvalue weighted by Gasteiger charge is -2.12. The number of hydrogen-bond donors (Lipinski definition) is 0. The van der Waals surface area contributed by atoms with Gasteiger partial charge in [-0.15, -0.1) is 0 Å². The molecule has 0 aliphatic heterocycles. The molecule has 0 radical (unpaired) electrons. The molecule has 0 bridgehead atoms. The van der Waals surface area contributed by atoms with Crippen molar-refractivity contribution >= 4 is 5.91 Å². The Morgan fingerprint density at radius 3 is 2.65 bits per heavy atom. The van der Waals surface area contributed by atoms with E-state index in [1.165, 1.54) is 0 Å². The van der Waals surface area contributed by atoms with Crippen molar-refractivity contribution in [3.8, 4) is 0 Å². The van der Waals surface area contributed by atoms with Crippen molar-refractivity contribution in [2.45, 2.75) is 52.6 Å². The minimum Gasteiger partial charge on any atom is -0.379 e. The first-order chi connectivity index (χ1) is 8.07. The number of likely N-dealkylation sites (N-methyl/N-ethyl adjacent to an activating group) is 1. The fourth-order valence-electron chi connectivity index (χ4n) is 1.44. The topological polar surface area (TPSA) is 29.5 Å². The molecule has 0 aromatic carbocycles. The summed E-state index contributed by atoms with van der Waals surface area (Å²) in [7, 11) is 1.84. The molecule has 0 atom stereocenters. The Hall–Kier alpha value is -0.830. The molecule has 0 saturated carbocycles. The third-order valence-electron chi connectivity index (χ3n) is 2.41. The first kappa shape index (κ1) is 16.2.